The van der Waals surface area contributed by atoms with Crippen LogP contribution in [0.1, 0.15) is 44.0 Å². The number of anilines is 1. The number of aliphatic hydroxyl groups is 1. The zero-order valence-electron chi connectivity index (χ0n) is 11.8. The van der Waals surface area contributed by atoms with Crippen LogP contribution in [0.5, 0.6) is 0 Å². The van der Waals surface area contributed by atoms with Gasteiger partial charge >= 0.3 is 0 Å². The number of carbonyl (C=O) groups is 1. The van der Waals surface area contributed by atoms with Gasteiger partial charge in [0.15, 0.2) is 5.78 Å². The average Bonchev–Trinajstić information content (AvgIpc) is 2.39. The Kier molecular flexibility index (Phi) is 5.96. The van der Waals surface area contributed by atoms with E-state index in [0.717, 1.165) is 12.8 Å². The number of rotatable bonds is 7. The summed E-state index contributed by atoms with van der Waals surface area (Å²) in [6.45, 7) is 5.87. The number of ketones is 1. The third-order valence-corrected chi connectivity index (χ3v) is 3.39. The number of halogens is 1. The molecule has 0 bridgehead atoms. The molecule has 0 spiro atoms. The summed E-state index contributed by atoms with van der Waals surface area (Å²) in [7, 11) is 0. The van der Waals surface area contributed by atoms with Crippen molar-refractivity contribution in [3.05, 3.63) is 29.6 Å². The van der Waals surface area contributed by atoms with Gasteiger partial charge in [0.25, 0.3) is 0 Å². The van der Waals surface area contributed by atoms with E-state index in [0.29, 0.717) is 17.8 Å². The second-order valence-electron chi connectivity index (χ2n) is 4.61. The van der Waals surface area contributed by atoms with E-state index in [4.69, 9.17) is 5.11 Å². The summed E-state index contributed by atoms with van der Waals surface area (Å²) >= 11 is 0. The van der Waals surface area contributed by atoms with Crippen LogP contribution in [-0.4, -0.2) is 30.1 Å². The molecule has 0 aliphatic rings. The van der Waals surface area contributed by atoms with E-state index < -0.39 is 5.82 Å². The minimum absolute atomic E-state index is 0.0234. The minimum Gasteiger partial charge on any atom is -0.395 e. The van der Waals surface area contributed by atoms with Crippen molar-refractivity contribution in [2.24, 2.45) is 0 Å². The summed E-state index contributed by atoms with van der Waals surface area (Å²) in [6.07, 6.45) is 1.76. The molecule has 1 aromatic carbocycles. The van der Waals surface area contributed by atoms with Crippen molar-refractivity contribution in [3.8, 4) is 0 Å². The molecule has 0 aliphatic carbocycles. The lowest BCUT2D eigenvalue weighted by atomic mass is 10.1. The molecule has 0 fully saturated rings. The molecule has 1 N–H and O–H groups in total. The van der Waals surface area contributed by atoms with Crippen LogP contribution in [0.4, 0.5) is 10.1 Å². The van der Waals surface area contributed by atoms with Gasteiger partial charge in [0.2, 0.25) is 0 Å². The van der Waals surface area contributed by atoms with E-state index in [9.17, 15) is 9.18 Å². The van der Waals surface area contributed by atoms with Gasteiger partial charge in [-0.1, -0.05) is 13.8 Å². The fourth-order valence-corrected chi connectivity index (χ4v) is 2.30. The summed E-state index contributed by atoms with van der Waals surface area (Å²) < 4.78 is 14.1. The van der Waals surface area contributed by atoms with Crippen LogP contribution in [0.25, 0.3) is 0 Å². The molecular weight excluding hydrogens is 245 g/mol. The third-order valence-electron chi connectivity index (χ3n) is 3.39. The number of benzene rings is 1. The first-order valence-corrected chi connectivity index (χ1v) is 6.73. The highest BCUT2D eigenvalue weighted by Crippen LogP contribution is 2.24. The Labute approximate surface area is 114 Å². The molecule has 0 atom stereocenters. The largest absolute Gasteiger partial charge is 0.395 e. The number of Topliss-reactive ketones (excluding diaryl/α,β-unsaturated/α-hetero) is 1. The first kappa shape index (κ1) is 15.6. The summed E-state index contributed by atoms with van der Waals surface area (Å²) in [6, 6.07) is 4.71. The standard InChI is InChI=1S/C15H22FNO2/c1-4-13(5-2)17(8-9-18)15-7-6-12(11(3)19)10-14(15)16/h6-7,10,13,18H,4-5,8-9H2,1-3H3. The molecule has 0 aliphatic heterocycles. The Hall–Kier alpha value is -1.42. The van der Waals surface area contributed by atoms with Gasteiger partial charge in [0, 0.05) is 18.2 Å². The fraction of sp³-hybridized carbons (Fsp3) is 0.533. The molecule has 4 heteroatoms. The Balaban J connectivity index is 3.12. The topological polar surface area (TPSA) is 40.5 Å². The minimum atomic E-state index is -0.409. The van der Waals surface area contributed by atoms with E-state index in [1.165, 1.54) is 13.0 Å². The Morgan fingerprint density at radius 2 is 2.00 bits per heavy atom. The first-order valence-electron chi connectivity index (χ1n) is 6.73. The second kappa shape index (κ2) is 7.24. The monoisotopic (exact) mass is 267 g/mol. The number of aliphatic hydroxyl groups excluding tert-OH is 1. The van der Waals surface area contributed by atoms with Gasteiger partial charge in [-0.25, -0.2) is 4.39 Å². The molecule has 0 unspecified atom stereocenters. The highest BCUT2D eigenvalue weighted by molar-refractivity contribution is 5.94. The summed E-state index contributed by atoms with van der Waals surface area (Å²) in [5.74, 6) is -0.560. The number of carbonyl (C=O) groups excluding carboxylic acids is 1. The summed E-state index contributed by atoms with van der Waals surface area (Å²) in [5, 5.41) is 9.15. The molecule has 0 saturated heterocycles. The Bertz CT molecular complexity index is 430. The van der Waals surface area contributed by atoms with Gasteiger partial charge in [-0.05, 0) is 38.0 Å². The maximum atomic E-state index is 14.1. The predicted molar refractivity (Wildman–Crippen MR) is 75.2 cm³/mol. The summed E-state index contributed by atoms with van der Waals surface area (Å²) in [5.41, 5.74) is 0.822. The van der Waals surface area contributed by atoms with E-state index >= 15 is 0 Å². The lowest BCUT2D eigenvalue weighted by molar-refractivity contribution is 0.101. The van der Waals surface area contributed by atoms with Gasteiger partial charge in [-0.3, -0.25) is 4.79 Å². The van der Waals surface area contributed by atoms with Gasteiger partial charge in [-0.2, -0.15) is 0 Å². The van der Waals surface area contributed by atoms with Crippen molar-refractivity contribution in [1.29, 1.82) is 0 Å². The fourth-order valence-electron chi connectivity index (χ4n) is 2.30. The van der Waals surface area contributed by atoms with Crippen molar-refractivity contribution < 1.29 is 14.3 Å². The second-order valence-corrected chi connectivity index (χ2v) is 4.61. The van der Waals surface area contributed by atoms with Crippen molar-refractivity contribution in [2.75, 3.05) is 18.1 Å². The van der Waals surface area contributed by atoms with Crippen LogP contribution in [0.3, 0.4) is 0 Å². The maximum Gasteiger partial charge on any atom is 0.159 e. The average molecular weight is 267 g/mol. The molecule has 3 nitrogen and oxygen atoms in total. The molecule has 0 radical (unpaired) electrons. The molecule has 1 aromatic rings. The Morgan fingerprint density at radius 3 is 2.42 bits per heavy atom. The normalized spacial score (nSPS) is 10.8. The van der Waals surface area contributed by atoms with Crippen LogP contribution in [-0.2, 0) is 0 Å². The van der Waals surface area contributed by atoms with Crippen molar-refractivity contribution in [3.63, 3.8) is 0 Å². The molecule has 0 aromatic heterocycles. The highest BCUT2D eigenvalue weighted by atomic mass is 19.1. The molecular formula is C15H22FNO2. The molecule has 0 heterocycles. The smallest absolute Gasteiger partial charge is 0.159 e. The predicted octanol–water partition coefficient (Wildman–Crippen LogP) is 3.02. The number of nitrogens with zero attached hydrogens (tertiary/aromatic N) is 1. The first-order chi connectivity index (χ1) is 9.04. The van der Waals surface area contributed by atoms with Crippen molar-refractivity contribution >= 4 is 11.5 Å². The lowest BCUT2D eigenvalue weighted by Gasteiger charge is -2.32. The van der Waals surface area contributed by atoms with E-state index in [1.54, 1.807) is 12.1 Å². The van der Waals surface area contributed by atoms with Gasteiger partial charge < -0.3 is 10.0 Å². The zero-order valence-corrected chi connectivity index (χ0v) is 11.8. The van der Waals surface area contributed by atoms with E-state index in [-0.39, 0.29) is 18.4 Å². The molecule has 1 rings (SSSR count). The van der Waals surface area contributed by atoms with Crippen LogP contribution in [0.2, 0.25) is 0 Å². The number of hydrogen-bond donors (Lipinski definition) is 1. The number of hydrogen-bond acceptors (Lipinski definition) is 3. The Morgan fingerprint density at radius 1 is 1.37 bits per heavy atom. The van der Waals surface area contributed by atoms with Crippen molar-refractivity contribution in [2.45, 2.75) is 39.7 Å². The summed E-state index contributed by atoms with van der Waals surface area (Å²) in [4.78, 5) is 13.1. The van der Waals surface area contributed by atoms with Crippen LogP contribution >= 0.6 is 0 Å². The molecule has 106 valence electrons. The van der Waals surface area contributed by atoms with Crippen LogP contribution in [0.15, 0.2) is 18.2 Å². The van der Waals surface area contributed by atoms with Crippen LogP contribution in [0, 0.1) is 5.82 Å². The van der Waals surface area contributed by atoms with Gasteiger partial charge in [0.05, 0.1) is 12.3 Å². The zero-order chi connectivity index (χ0) is 14.4. The van der Waals surface area contributed by atoms with Crippen molar-refractivity contribution in [1.82, 2.24) is 0 Å². The third kappa shape index (κ3) is 3.77. The SMILES string of the molecule is CCC(CC)N(CCO)c1ccc(C(C)=O)cc1F. The highest BCUT2D eigenvalue weighted by Gasteiger charge is 2.19. The van der Waals surface area contributed by atoms with Gasteiger partial charge in [0.1, 0.15) is 5.82 Å². The van der Waals surface area contributed by atoms with Crippen LogP contribution < -0.4 is 4.90 Å². The quantitative estimate of drug-likeness (QED) is 0.772. The molecule has 19 heavy (non-hydrogen) atoms. The van der Waals surface area contributed by atoms with E-state index in [1.807, 2.05) is 18.7 Å². The molecule has 0 saturated carbocycles. The maximum absolute atomic E-state index is 14.1. The molecule has 0 amide bonds. The van der Waals surface area contributed by atoms with E-state index in [2.05, 4.69) is 0 Å². The van der Waals surface area contributed by atoms with Gasteiger partial charge in [-0.15, -0.1) is 0 Å². The lowest BCUT2D eigenvalue weighted by Crippen LogP contribution is -2.37.